The Hall–Kier alpha value is -2.30. The van der Waals surface area contributed by atoms with Gasteiger partial charge in [-0.15, -0.1) is 0 Å². The van der Waals surface area contributed by atoms with Crippen molar-refractivity contribution in [3.8, 4) is 5.75 Å². The van der Waals surface area contributed by atoms with Gasteiger partial charge in [0.05, 0.1) is 13.0 Å². The molecule has 0 aliphatic rings. The summed E-state index contributed by atoms with van der Waals surface area (Å²) >= 11 is 0. The van der Waals surface area contributed by atoms with Crippen molar-refractivity contribution in [2.24, 2.45) is 0 Å². The Bertz CT molecular complexity index is 593. The second kappa shape index (κ2) is 7.47. The van der Waals surface area contributed by atoms with Gasteiger partial charge in [-0.25, -0.2) is 0 Å². The van der Waals surface area contributed by atoms with Crippen molar-refractivity contribution < 1.29 is 9.53 Å². The minimum Gasteiger partial charge on any atom is -0.493 e. The number of hydrogen-bond donors (Lipinski definition) is 2. The first-order valence-electron chi connectivity index (χ1n) is 7.21. The number of ether oxygens (including phenoxy) is 1. The molecule has 21 heavy (non-hydrogen) atoms. The summed E-state index contributed by atoms with van der Waals surface area (Å²) in [5.41, 5.74) is 2.17. The van der Waals surface area contributed by atoms with E-state index in [1.165, 1.54) is 0 Å². The number of nitrogens with zero attached hydrogens (tertiary/aromatic N) is 1. The Morgan fingerprint density at radius 1 is 1.38 bits per heavy atom. The standard InChI is InChI=1S/C16H21N3O2/c1-3-5-13-11-15(19-18-13)17-16(20)8-9-21-14-7-4-6-12(2)10-14/h4,6-7,10-11H,3,5,8-9H2,1-2H3,(H2,17,18,19,20). The minimum atomic E-state index is -0.0998. The highest BCUT2D eigenvalue weighted by Gasteiger charge is 2.06. The van der Waals surface area contributed by atoms with Crippen LogP contribution in [0, 0.1) is 6.92 Å². The number of aryl methyl sites for hydroxylation is 2. The lowest BCUT2D eigenvalue weighted by Gasteiger charge is -2.06. The highest BCUT2D eigenvalue weighted by molar-refractivity contribution is 5.89. The summed E-state index contributed by atoms with van der Waals surface area (Å²) in [4.78, 5) is 11.8. The van der Waals surface area contributed by atoms with Crippen LogP contribution in [0.15, 0.2) is 30.3 Å². The molecule has 1 aromatic heterocycles. The van der Waals surface area contributed by atoms with Crippen LogP contribution in [0.3, 0.4) is 0 Å². The van der Waals surface area contributed by atoms with E-state index < -0.39 is 0 Å². The summed E-state index contributed by atoms with van der Waals surface area (Å²) < 4.78 is 5.55. The minimum absolute atomic E-state index is 0.0998. The number of aromatic amines is 1. The van der Waals surface area contributed by atoms with Gasteiger partial charge in [-0.1, -0.05) is 25.5 Å². The normalized spacial score (nSPS) is 10.4. The molecule has 0 bridgehead atoms. The fraction of sp³-hybridized carbons (Fsp3) is 0.375. The molecule has 5 heteroatoms. The molecule has 1 aromatic carbocycles. The van der Waals surface area contributed by atoms with Crippen LogP contribution in [0.1, 0.15) is 31.0 Å². The first-order valence-corrected chi connectivity index (χ1v) is 7.21. The molecule has 2 N–H and O–H groups in total. The van der Waals surface area contributed by atoms with Crippen LogP contribution in [0.5, 0.6) is 5.75 Å². The molecular weight excluding hydrogens is 266 g/mol. The summed E-state index contributed by atoms with van der Waals surface area (Å²) in [6.45, 7) is 4.45. The van der Waals surface area contributed by atoms with Crippen molar-refractivity contribution >= 4 is 11.7 Å². The van der Waals surface area contributed by atoms with E-state index in [0.29, 0.717) is 18.8 Å². The number of aromatic nitrogens is 2. The maximum Gasteiger partial charge on any atom is 0.229 e. The van der Waals surface area contributed by atoms with Crippen LogP contribution < -0.4 is 10.1 Å². The molecular formula is C16H21N3O2. The van der Waals surface area contributed by atoms with Gasteiger partial charge in [0, 0.05) is 11.8 Å². The molecule has 0 saturated carbocycles. The zero-order valence-corrected chi connectivity index (χ0v) is 12.5. The van der Waals surface area contributed by atoms with Crippen molar-refractivity contribution in [2.45, 2.75) is 33.1 Å². The molecule has 1 amide bonds. The SMILES string of the molecule is CCCc1cc(NC(=O)CCOc2cccc(C)c2)n[nH]1. The fourth-order valence-corrected chi connectivity index (χ4v) is 2.00. The molecule has 2 aromatic rings. The number of anilines is 1. The first kappa shape index (κ1) is 15.1. The lowest BCUT2D eigenvalue weighted by atomic mass is 10.2. The molecule has 0 spiro atoms. The fourth-order valence-electron chi connectivity index (χ4n) is 2.00. The average Bonchev–Trinajstić information content (AvgIpc) is 2.86. The highest BCUT2D eigenvalue weighted by atomic mass is 16.5. The highest BCUT2D eigenvalue weighted by Crippen LogP contribution is 2.13. The van der Waals surface area contributed by atoms with Crippen molar-refractivity contribution in [3.05, 3.63) is 41.6 Å². The lowest BCUT2D eigenvalue weighted by molar-refractivity contribution is -0.116. The maximum atomic E-state index is 11.8. The smallest absolute Gasteiger partial charge is 0.229 e. The number of rotatable bonds is 7. The van der Waals surface area contributed by atoms with Crippen LogP contribution in [0.2, 0.25) is 0 Å². The number of amides is 1. The van der Waals surface area contributed by atoms with Crippen molar-refractivity contribution in [1.82, 2.24) is 10.2 Å². The van der Waals surface area contributed by atoms with Gasteiger partial charge in [-0.05, 0) is 31.0 Å². The van der Waals surface area contributed by atoms with E-state index in [0.717, 1.165) is 29.8 Å². The quantitative estimate of drug-likeness (QED) is 0.822. The zero-order chi connectivity index (χ0) is 15.1. The summed E-state index contributed by atoms with van der Waals surface area (Å²) in [5.74, 6) is 1.25. The lowest BCUT2D eigenvalue weighted by Crippen LogP contribution is -2.15. The van der Waals surface area contributed by atoms with E-state index in [1.54, 1.807) is 0 Å². The summed E-state index contributed by atoms with van der Waals surface area (Å²) in [7, 11) is 0. The molecule has 0 radical (unpaired) electrons. The second-order valence-electron chi connectivity index (χ2n) is 4.99. The van der Waals surface area contributed by atoms with Gasteiger partial charge in [-0.3, -0.25) is 9.89 Å². The molecule has 0 atom stereocenters. The third-order valence-electron chi connectivity index (χ3n) is 3.01. The Labute approximate surface area is 124 Å². The predicted octanol–water partition coefficient (Wildman–Crippen LogP) is 3.08. The number of H-pyrrole nitrogens is 1. The van der Waals surface area contributed by atoms with Gasteiger partial charge in [0.1, 0.15) is 5.75 Å². The predicted molar refractivity (Wildman–Crippen MR) is 82.5 cm³/mol. The van der Waals surface area contributed by atoms with Crippen LogP contribution in [-0.2, 0) is 11.2 Å². The van der Waals surface area contributed by atoms with Crippen LogP contribution in [-0.4, -0.2) is 22.7 Å². The Morgan fingerprint density at radius 3 is 3.00 bits per heavy atom. The number of carbonyl (C=O) groups is 1. The second-order valence-corrected chi connectivity index (χ2v) is 4.99. The molecule has 112 valence electrons. The summed E-state index contributed by atoms with van der Waals surface area (Å²) in [6.07, 6.45) is 2.27. The number of nitrogens with one attached hydrogen (secondary N) is 2. The molecule has 0 saturated heterocycles. The molecule has 0 fully saturated rings. The van der Waals surface area contributed by atoms with Gasteiger partial charge in [0.15, 0.2) is 5.82 Å². The first-order chi connectivity index (χ1) is 10.2. The molecule has 5 nitrogen and oxygen atoms in total. The van der Waals surface area contributed by atoms with E-state index in [1.807, 2.05) is 37.3 Å². The average molecular weight is 287 g/mol. The Balaban J connectivity index is 1.74. The van der Waals surface area contributed by atoms with E-state index in [4.69, 9.17) is 4.74 Å². The van der Waals surface area contributed by atoms with Gasteiger partial charge < -0.3 is 10.1 Å². The van der Waals surface area contributed by atoms with Crippen LogP contribution in [0.25, 0.3) is 0 Å². The Kier molecular flexibility index (Phi) is 5.37. The van der Waals surface area contributed by atoms with Crippen LogP contribution >= 0.6 is 0 Å². The van der Waals surface area contributed by atoms with Crippen molar-refractivity contribution in [2.75, 3.05) is 11.9 Å². The summed E-state index contributed by atoms with van der Waals surface area (Å²) in [5, 5.41) is 9.72. The van der Waals surface area contributed by atoms with Crippen molar-refractivity contribution in [3.63, 3.8) is 0 Å². The number of hydrogen-bond acceptors (Lipinski definition) is 3. The maximum absolute atomic E-state index is 11.8. The third kappa shape index (κ3) is 4.95. The monoisotopic (exact) mass is 287 g/mol. The van der Waals surface area contributed by atoms with E-state index in [9.17, 15) is 4.79 Å². The van der Waals surface area contributed by atoms with Gasteiger partial charge in [0.25, 0.3) is 0 Å². The number of benzene rings is 1. The van der Waals surface area contributed by atoms with Gasteiger partial charge in [0.2, 0.25) is 5.91 Å². The number of carbonyl (C=O) groups excluding carboxylic acids is 1. The van der Waals surface area contributed by atoms with Crippen molar-refractivity contribution in [1.29, 1.82) is 0 Å². The van der Waals surface area contributed by atoms with Gasteiger partial charge >= 0.3 is 0 Å². The zero-order valence-electron chi connectivity index (χ0n) is 12.5. The molecule has 2 rings (SSSR count). The van der Waals surface area contributed by atoms with E-state index >= 15 is 0 Å². The van der Waals surface area contributed by atoms with E-state index in [2.05, 4.69) is 22.4 Å². The molecule has 0 unspecified atom stereocenters. The molecule has 0 aliphatic heterocycles. The van der Waals surface area contributed by atoms with Crippen LogP contribution in [0.4, 0.5) is 5.82 Å². The third-order valence-corrected chi connectivity index (χ3v) is 3.01. The van der Waals surface area contributed by atoms with Gasteiger partial charge in [-0.2, -0.15) is 5.10 Å². The van der Waals surface area contributed by atoms with E-state index in [-0.39, 0.29) is 5.91 Å². The Morgan fingerprint density at radius 2 is 2.24 bits per heavy atom. The molecule has 1 heterocycles. The summed E-state index contributed by atoms with van der Waals surface area (Å²) in [6, 6.07) is 9.63. The topological polar surface area (TPSA) is 67.0 Å². The largest absolute Gasteiger partial charge is 0.493 e. The molecule has 0 aliphatic carbocycles.